The van der Waals surface area contributed by atoms with Gasteiger partial charge >= 0.3 is 0 Å². The van der Waals surface area contributed by atoms with Crippen LogP contribution in [-0.2, 0) is 9.59 Å². The molecule has 0 saturated carbocycles. The van der Waals surface area contributed by atoms with Crippen LogP contribution in [0.15, 0.2) is 24.3 Å². The first kappa shape index (κ1) is 20.5. The predicted molar refractivity (Wildman–Crippen MR) is 107 cm³/mol. The predicted octanol–water partition coefficient (Wildman–Crippen LogP) is 4.91. The average molecular weight is 359 g/mol. The number of para-hydroxylation sites is 1. The number of fused-ring (bicyclic) bond motifs is 1. The molecule has 0 radical (unpaired) electrons. The summed E-state index contributed by atoms with van der Waals surface area (Å²) in [6, 6.07) is 7.79. The quantitative estimate of drug-likeness (QED) is 0.509. The Kier molecular flexibility index (Phi) is 8.66. The number of hydrogen-bond donors (Lipinski definition) is 1. The second kappa shape index (κ2) is 11.0. The van der Waals surface area contributed by atoms with Crippen molar-refractivity contribution < 1.29 is 9.59 Å². The largest absolute Gasteiger partial charge is 0.370 e. The summed E-state index contributed by atoms with van der Waals surface area (Å²) >= 11 is 0. The van der Waals surface area contributed by atoms with Crippen LogP contribution in [0.4, 0.5) is 5.69 Å². The number of rotatable bonds is 13. The van der Waals surface area contributed by atoms with E-state index in [0.29, 0.717) is 0 Å². The molecule has 2 amide bonds. The fourth-order valence-corrected chi connectivity index (χ4v) is 3.85. The number of carbonyl (C=O) groups excluding carboxylic acids is 2. The van der Waals surface area contributed by atoms with E-state index in [1.54, 1.807) is 0 Å². The molecule has 2 rings (SSSR count). The van der Waals surface area contributed by atoms with Gasteiger partial charge in [0.1, 0.15) is 0 Å². The summed E-state index contributed by atoms with van der Waals surface area (Å²) in [7, 11) is 0. The monoisotopic (exact) mass is 358 g/mol. The molecule has 1 heterocycles. The van der Waals surface area contributed by atoms with Crippen molar-refractivity contribution in [2.75, 3.05) is 11.4 Å². The van der Waals surface area contributed by atoms with Crippen molar-refractivity contribution in [3.63, 3.8) is 0 Å². The van der Waals surface area contributed by atoms with Crippen LogP contribution in [0.5, 0.6) is 0 Å². The van der Waals surface area contributed by atoms with Crippen LogP contribution in [0.25, 0.3) is 0 Å². The highest BCUT2D eigenvalue weighted by Gasteiger charge is 2.37. The highest BCUT2D eigenvalue weighted by molar-refractivity contribution is 6.06. The Bertz CT molecular complexity index is 585. The number of unbranched alkanes of at least 4 members (excludes halogenated alkanes) is 9. The smallest absolute Gasteiger partial charge is 0.235 e. The minimum Gasteiger partial charge on any atom is -0.370 e. The molecule has 0 fully saturated rings. The Hall–Kier alpha value is -1.84. The summed E-state index contributed by atoms with van der Waals surface area (Å²) in [6.45, 7) is 2.99. The van der Waals surface area contributed by atoms with Gasteiger partial charge in [0, 0.05) is 18.7 Å². The SMILES string of the molecule is CCCCCCCCCCCCN1C(=O)C(CC(N)=O)c2ccccc21. The van der Waals surface area contributed by atoms with E-state index in [9.17, 15) is 9.59 Å². The van der Waals surface area contributed by atoms with E-state index in [4.69, 9.17) is 5.73 Å². The van der Waals surface area contributed by atoms with Gasteiger partial charge < -0.3 is 10.6 Å². The van der Waals surface area contributed by atoms with Gasteiger partial charge in [0.25, 0.3) is 0 Å². The maximum atomic E-state index is 12.7. The number of benzene rings is 1. The molecule has 2 N–H and O–H groups in total. The first-order chi connectivity index (χ1) is 12.6. The summed E-state index contributed by atoms with van der Waals surface area (Å²) < 4.78 is 0. The van der Waals surface area contributed by atoms with Gasteiger partial charge in [-0.25, -0.2) is 0 Å². The van der Waals surface area contributed by atoms with Crippen LogP contribution in [-0.4, -0.2) is 18.4 Å². The Labute approximate surface area is 158 Å². The maximum absolute atomic E-state index is 12.7. The van der Waals surface area contributed by atoms with Crippen LogP contribution in [0.1, 0.15) is 89.0 Å². The van der Waals surface area contributed by atoms with E-state index >= 15 is 0 Å². The van der Waals surface area contributed by atoms with Gasteiger partial charge in [0.2, 0.25) is 11.8 Å². The molecule has 0 saturated heterocycles. The molecular weight excluding hydrogens is 324 g/mol. The van der Waals surface area contributed by atoms with Crippen molar-refractivity contribution in [1.82, 2.24) is 0 Å². The van der Waals surface area contributed by atoms with Gasteiger partial charge in [-0.3, -0.25) is 9.59 Å². The van der Waals surface area contributed by atoms with E-state index in [-0.39, 0.29) is 12.3 Å². The summed E-state index contributed by atoms with van der Waals surface area (Å²) in [4.78, 5) is 25.9. The average Bonchev–Trinajstić information content (AvgIpc) is 2.88. The molecule has 4 nitrogen and oxygen atoms in total. The Balaban J connectivity index is 1.71. The topological polar surface area (TPSA) is 63.4 Å². The zero-order chi connectivity index (χ0) is 18.8. The minimum absolute atomic E-state index is 0.0286. The number of nitrogens with two attached hydrogens (primary N) is 1. The van der Waals surface area contributed by atoms with Gasteiger partial charge in [0.15, 0.2) is 0 Å². The molecule has 1 aliphatic rings. The summed E-state index contributed by atoms with van der Waals surface area (Å²) in [6.07, 6.45) is 12.9. The zero-order valence-electron chi connectivity index (χ0n) is 16.2. The van der Waals surface area contributed by atoms with Gasteiger partial charge in [-0.1, -0.05) is 82.9 Å². The number of amides is 2. The number of primary amides is 1. The van der Waals surface area contributed by atoms with Crippen molar-refractivity contribution in [1.29, 1.82) is 0 Å². The van der Waals surface area contributed by atoms with Crippen LogP contribution >= 0.6 is 0 Å². The molecule has 26 heavy (non-hydrogen) atoms. The fourth-order valence-electron chi connectivity index (χ4n) is 3.85. The van der Waals surface area contributed by atoms with E-state index in [0.717, 1.165) is 30.6 Å². The lowest BCUT2D eigenvalue weighted by molar-refractivity contribution is -0.124. The van der Waals surface area contributed by atoms with Crippen LogP contribution in [0.3, 0.4) is 0 Å². The Morgan fingerprint density at radius 1 is 0.962 bits per heavy atom. The van der Waals surface area contributed by atoms with Gasteiger partial charge in [-0.2, -0.15) is 0 Å². The molecule has 1 unspecified atom stereocenters. The molecule has 144 valence electrons. The van der Waals surface area contributed by atoms with Crippen molar-refractivity contribution in [2.45, 2.75) is 83.5 Å². The third kappa shape index (κ3) is 5.86. The van der Waals surface area contributed by atoms with E-state index in [2.05, 4.69) is 6.92 Å². The van der Waals surface area contributed by atoms with Gasteiger partial charge in [-0.05, 0) is 18.1 Å². The first-order valence-corrected chi connectivity index (χ1v) is 10.3. The van der Waals surface area contributed by atoms with Crippen molar-refractivity contribution in [2.24, 2.45) is 5.73 Å². The van der Waals surface area contributed by atoms with Crippen LogP contribution in [0, 0.1) is 0 Å². The molecule has 0 aromatic heterocycles. The molecule has 1 atom stereocenters. The number of anilines is 1. The second-order valence-electron chi connectivity index (χ2n) is 7.45. The van der Waals surface area contributed by atoms with Gasteiger partial charge in [-0.15, -0.1) is 0 Å². The lowest BCUT2D eigenvalue weighted by atomic mass is 9.97. The summed E-state index contributed by atoms with van der Waals surface area (Å²) in [5.41, 5.74) is 7.24. The normalized spacial score (nSPS) is 16.1. The third-order valence-electron chi connectivity index (χ3n) is 5.31. The molecule has 1 aliphatic heterocycles. The zero-order valence-corrected chi connectivity index (χ0v) is 16.2. The number of carbonyl (C=O) groups is 2. The van der Waals surface area contributed by atoms with Crippen LogP contribution < -0.4 is 10.6 Å². The molecular formula is C22H34N2O2. The fraction of sp³-hybridized carbons (Fsp3) is 0.636. The summed E-state index contributed by atoms with van der Waals surface area (Å²) in [5, 5.41) is 0. The second-order valence-corrected chi connectivity index (χ2v) is 7.45. The highest BCUT2D eigenvalue weighted by atomic mass is 16.2. The standard InChI is InChI=1S/C22H34N2O2/c1-2-3-4-5-6-7-8-9-10-13-16-24-20-15-12-11-14-18(20)19(22(24)26)17-21(23)25/h11-12,14-15,19H,2-10,13,16-17H2,1H3,(H2,23,25). The number of hydrogen-bond acceptors (Lipinski definition) is 2. The lowest BCUT2D eigenvalue weighted by Crippen LogP contribution is -2.31. The first-order valence-electron chi connectivity index (χ1n) is 10.3. The number of nitrogens with zero attached hydrogens (tertiary/aromatic N) is 1. The molecule has 0 bridgehead atoms. The van der Waals surface area contributed by atoms with Crippen molar-refractivity contribution >= 4 is 17.5 Å². The van der Waals surface area contributed by atoms with E-state index in [1.165, 1.54) is 51.4 Å². The molecule has 1 aromatic carbocycles. The Morgan fingerprint density at radius 2 is 1.54 bits per heavy atom. The molecule has 0 spiro atoms. The minimum atomic E-state index is -0.418. The molecule has 4 heteroatoms. The van der Waals surface area contributed by atoms with Gasteiger partial charge in [0.05, 0.1) is 5.92 Å². The van der Waals surface area contributed by atoms with E-state index in [1.807, 2.05) is 29.2 Å². The van der Waals surface area contributed by atoms with Crippen LogP contribution in [0.2, 0.25) is 0 Å². The van der Waals surface area contributed by atoms with Crippen molar-refractivity contribution in [3.8, 4) is 0 Å². The summed E-state index contributed by atoms with van der Waals surface area (Å²) in [5.74, 6) is -0.785. The molecule has 0 aliphatic carbocycles. The highest BCUT2D eigenvalue weighted by Crippen LogP contribution is 2.39. The third-order valence-corrected chi connectivity index (χ3v) is 5.31. The van der Waals surface area contributed by atoms with Crippen molar-refractivity contribution in [3.05, 3.63) is 29.8 Å². The lowest BCUT2D eigenvalue weighted by Gasteiger charge is -2.18. The van der Waals surface area contributed by atoms with E-state index < -0.39 is 11.8 Å². The Morgan fingerprint density at radius 3 is 2.15 bits per heavy atom. The maximum Gasteiger partial charge on any atom is 0.235 e. The molecule has 1 aromatic rings.